The Morgan fingerprint density at radius 3 is 2.87 bits per heavy atom. The summed E-state index contributed by atoms with van der Waals surface area (Å²) in [6.45, 7) is 4.21. The van der Waals surface area contributed by atoms with Gasteiger partial charge in [-0.05, 0) is 7.05 Å². The summed E-state index contributed by atoms with van der Waals surface area (Å²) in [6, 6.07) is -0.176. The Balaban J connectivity index is 2.51. The molecule has 1 aliphatic rings. The minimum absolute atomic E-state index is 0.102. The molecule has 1 atom stereocenters. The number of nitrogens with zero attached hydrogens (tertiary/aromatic N) is 1. The fraction of sp³-hybridized carbons (Fsp3) is 0.889. The van der Waals surface area contributed by atoms with Gasteiger partial charge in [0.2, 0.25) is 0 Å². The van der Waals surface area contributed by atoms with E-state index in [2.05, 4.69) is 21.0 Å². The Morgan fingerprint density at radius 2 is 2.13 bits per heavy atom. The number of hydrogen-bond donors (Lipinski definition) is 3. The average Bonchev–Trinajstić information content (AvgIpc) is 2.30. The molecule has 1 unspecified atom stereocenters. The number of hydroxylamine groups is 1. The van der Waals surface area contributed by atoms with E-state index in [4.69, 9.17) is 0 Å². The number of likely N-dealkylation sites (N-methyl/N-ethyl adjacent to an activating group) is 1. The van der Waals surface area contributed by atoms with E-state index < -0.39 is 0 Å². The van der Waals surface area contributed by atoms with Crippen LogP contribution in [0.2, 0.25) is 0 Å². The molecule has 1 fully saturated rings. The maximum absolute atomic E-state index is 11.6. The van der Waals surface area contributed by atoms with E-state index in [0.29, 0.717) is 6.54 Å². The normalized spacial score (nSPS) is 25.1. The Labute approximate surface area is 90.3 Å². The molecule has 0 saturated carbocycles. The molecule has 0 radical (unpaired) electrons. The second-order valence-electron chi connectivity index (χ2n) is 3.62. The van der Waals surface area contributed by atoms with Gasteiger partial charge in [-0.25, -0.2) is 5.48 Å². The Hall–Kier alpha value is -0.690. The summed E-state index contributed by atoms with van der Waals surface area (Å²) < 4.78 is 0. The van der Waals surface area contributed by atoms with Crippen LogP contribution in [0.15, 0.2) is 0 Å². The van der Waals surface area contributed by atoms with E-state index in [9.17, 15) is 4.79 Å². The van der Waals surface area contributed by atoms with Gasteiger partial charge in [-0.2, -0.15) is 0 Å². The molecule has 0 aromatic rings. The molecular weight excluding hydrogens is 196 g/mol. The molecular formula is C9H20N4O2. The van der Waals surface area contributed by atoms with E-state index in [1.165, 1.54) is 7.11 Å². The van der Waals surface area contributed by atoms with Crippen LogP contribution in [0.3, 0.4) is 0 Å². The van der Waals surface area contributed by atoms with Crippen molar-refractivity contribution in [2.75, 3.05) is 46.9 Å². The Kier molecular flexibility index (Phi) is 5.56. The van der Waals surface area contributed by atoms with Gasteiger partial charge in [0.25, 0.3) is 5.91 Å². The van der Waals surface area contributed by atoms with Crippen LogP contribution < -0.4 is 16.1 Å². The van der Waals surface area contributed by atoms with Gasteiger partial charge in [-0.3, -0.25) is 14.5 Å². The number of carbonyl (C=O) groups is 1. The standard InChI is InChI=1S/C9H20N4O2/c1-13-6-5-10-3-4-11-7-8(13)9(14)12-15-2/h8,10-11H,3-7H2,1-2H3,(H,12,14). The average molecular weight is 216 g/mol. The molecule has 0 aromatic carbocycles. The summed E-state index contributed by atoms with van der Waals surface area (Å²) in [5.41, 5.74) is 2.37. The first-order valence-corrected chi connectivity index (χ1v) is 5.20. The zero-order valence-electron chi connectivity index (χ0n) is 9.38. The molecule has 0 bridgehead atoms. The highest BCUT2D eigenvalue weighted by Crippen LogP contribution is 1.96. The largest absolute Gasteiger partial charge is 0.314 e. The zero-order valence-corrected chi connectivity index (χ0v) is 9.38. The second-order valence-corrected chi connectivity index (χ2v) is 3.62. The SMILES string of the molecule is CONC(=O)C1CNCCNCCN1C. The topological polar surface area (TPSA) is 65.6 Å². The number of amides is 1. The van der Waals surface area contributed by atoms with Gasteiger partial charge in [0.05, 0.1) is 7.11 Å². The quantitative estimate of drug-likeness (QED) is 0.473. The predicted octanol–water partition coefficient (Wildman–Crippen LogP) is -1.84. The summed E-state index contributed by atoms with van der Waals surface area (Å²) in [5, 5.41) is 6.51. The summed E-state index contributed by atoms with van der Waals surface area (Å²) in [5.74, 6) is -0.102. The summed E-state index contributed by atoms with van der Waals surface area (Å²) in [7, 11) is 3.39. The third-order valence-electron chi connectivity index (χ3n) is 2.49. The predicted molar refractivity (Wildman–Crippen MR) is 57.3 cm³/mol. The van der Waals surface area contributed by atoms with Gasteiger partial charge in [-0.15, -0.1) is 0 Å². The maximum atomic E-state index is 11.6. The van der Waals surface area contributed by atoms with Crippen LogP contribution in [0.4, 0.5) is 0 Å². The summed E-state index contributed by atoms with van der Waals surface area (Å²) in [6.07, 6.45) is 0. The van der Waals surface area contributed by atoms with E-state index in [0.717, 1.165) is 26.2 Å². The first-order valence-electron chi connectivity index (χ1n) is 5.20. The highest BCUT2D eigenvalue weighted by Gasteiger charge is 2.23. The fourth-order valence-electron chi connectivity index (χ4n) is 1.57. The minimum Gasteiger partial charge on any atom is -0.314 e. The lowest BCUT2D eigenvalue weighted by Gasteiger charge is -2.25. The second kappa shape index (κ2) is 6.73. The number of hydrogen-bond acceptors (Lipinski definition) is 5. The molecule has 1 saturated heterocycles. The van der Waals surface area contributed by atoms with Crippen molar-refractivity contribution in [3.8, 4) is 0 Å². The molecule has 6 nitrogen and oxygen atoms in total. The molecule has 0 aliphatic carbocycles. The van der Waals surface area contributed by atoms with E-state index in [1.54, 1.807) is 0 Å². The molecule has 1 amide bonds. The van der Waals surface area contributed by atoms with Crippen molar-refractivity contribution in [2.24, 2.45) is 0 Å². The van der Waals surface area contributed by atoms with Gasteiger partial charge in [0.1, 0.15) is 6.04 Å². The smallest absolute Gasteiger partial charge is 0.262 e. The van der Waals surface area contributed by atoms with Crippen molar-refractivity contribution in [2.45, 2.75) is 6.04 Å². The van der Waals surface area contributed by atoms with Crippen LogP contribution in [-0.4, -0.2) is 63.7 Å². The molecule has 1 heterocycles. The van der Waals surface area contributed by atoms with Crippen molar-refractivity contribution < 1.29 is 9.63 Å². The molecule has 6 heteroatoms. The minimum atomic E-state index is -0.176. The van der Waals surface area contributed by atoms with Gasteiger partial charge >= 0.3 is 0 Å². The van der Waals surface area contributed by atoms with Gasteiger partial charge in [0.15, 0.2) is 0 Å². The number of rotatable bonds is 2. The van der Waals surface area contributed by atoms with Gasteiger partial charge in [-0.1, -0.05) is 0 Å². The van der Waals surface area contributed by atoms with E-state index in [1.807, 2.05) is 11.9 Å². The zero-order chi connectivity index (χ0) is 11.1. The van der Waals surface area contributed by atoms with Crippen molar-refractivity contribution in [3.05, 3.63) is 0 Å². The molecule has 1 aliphatic heterocycles. The van der Waals surface area contributed by atoms with Crippen LogP contribution in [0, 0.1) is 0 Å². The van der Waals surface area contributed by atoms with Crippen molar-refractivity contribution in [1.82, 2.24) is 21.0 Å². The first-order chi connectivity index (χ1) is 7.25. The van der Waals surface area contributed by atoms with Crippen molar-refractivity contribution in [3.63, 3.8) is 0 Å². The molecule has 0 aromatic heterocycles. The van der Waals surface area contributed by atoms with E-state index in [-0.39, 0.29) is 11.9 Å². The lowest BCUT2D eigenvalue weighted by atomic mass is 10.2. The summed E-state index contributed by atoms with van der Waals surface area (Å²) in [4.78, 5) is 18.3. The van der Waals surface area contributed by atoms with Crippen molar-refractivity contribution >= 4 is 5.91 Å². The molecule has 88 valence electrons. The van der Waals surface area contributed by atoms with Crippen LogP contribution in [0.25, 0.3) is 0 Å². The maximum Gasteiger partial charge on any atom is 0.262 e. The van der Waals surface area contributed by atoms with Crippen LogP contribution >= 0.6 is 0 Å². The molecule has 3 N–H and O–H groups in total. The van der Waals surface area contributed by atoms with Gasteiger partial charge < -0.3 is 10.6 Å². The van der Waals surface area contributed by atoms with Crippen LogP contribution in [0.1, 0.15) is 0 Å². The third-order valence-corrected chi connectivity index (χ3v) is 2.49. The number of nitrogens with one attached hydrogen (secondary N) is 3. The number of carbonyl (C=O) groups excluding carboxylic acids is 1. The Bertz CT molecular complexity index is 201. The van der Waals surface area contributed by atoms with Crippen LogP contribution in [0.5, 0.6) is 0 Å². The monoisotopic (exact) mass is 216 g/mol. The van der Waals surface area contributed by atoms with E-state index >= 15 is 0 Å². The molecule has 0 spiro atoms. The molecule has 15 heavy (non-hydrogen) atoms. The lowest BCUT2D eigenvalue weighted by Crippen LogP contribution is -2.50. The summed E-state index contributed by atoms with van der Waals surface area (Å²) >= 11 is 0. The van der Waals surface area contributed by atoms with Crippen molar-refractivity contribution in [1.29, 1.82) is 0 Å². The molecule has 1 rings (SSSR count). The van der Waals surface area contributed by atoms with Crippen LogP contribution in [-0.2, 0) is 9.63 Å². The Morgan fingerprint density at radius 1 is 1.40 bits per heavy atom. The highest BCUT2D eigenvalue weighted by molar-refractivity contribution is 5.81. The van der Waals surface area contributed by atoms with Gasteiger partial charge in [0, 0.05) is 32.7 Å². The first kappa shape index (κ1) is 12.4. The fourth-order valence-corrected chi connectivity index (χ4v) is 1.57. The lowest BCUT2D eigenvalue weighted by molar-refractivity contribution is -0.136. The third kappa shape index (κ3) is 4.13. The highest BCUT2D eigenvalue weighted by atomic mass is 16.6.